The Balaban J connectivity index is 2.04. The molecule has 2 rings (SSSR count). The molecule has 0 aliphatic heterocycles. The van der Waals surface area contributed by atoms with Gasteiger partial charge in [-0.3, -0.25) is 0 Å². The first-order chi connectivity index (χ1) is 7.65. The summed E-state index contributed by atoms with van der Waals surface area (Å²) in [5.74, 6) is -0.312. The summed E-state index contributed by atoms with van der Waals surface area (Å²) in [6.45, 7) is 2.69. The van der Waals surface area contributed by atoms with Crippen LogP contribution >= 0.6 is 11.3 Å². The van der Waals surface area contributed by atoms with E-state index in [0.717, 1.165) is 0 Å². The molecule has 0 aliphatic rings. The van der Waals surface area contributed by atoms with Crippen molar-refractivity contribution < 1.29 is 4.39 Å². The maximum absolute atomic E-state index is 13.4. The van der Waals surface area contributed by atoms with Gasteiger partial charge in [0.15, 0.2) is 0 Å². The smallest absolute Gasteiger partial charge is 0.148 e. The van der Waals surface area contributed by atoms with E-state index in [1.165, 1.54) is 15.8 Å². The molecule has 0 aliphatic carbocycles. The van der Waals surface area contributed by atoms with E-state index in [2.05, 4.69) is 18.3 Å². The Labute approximate surface area is 97.9 Å². The first-order valence-electron chi connectivity index (χ1n) is 4.99. The van der Waals surface area contributed by atoms with Gasteiger partial charge in [0, 0.05) is 22.0 Å². The van der Waals surface area contributed by atoms with Crippen LogP contribution in [0.25, 0.3) is 0 Å². The molecule has 0 spiro atoms. The molecule has 1 aromatic carbocycles. The second-order valence-electron chi connectivity index (χ2n) is 3.61. The number of nitrogens with one attached hydrogen (secondary N) is 1. The summed E-state index contributed by atoms with van der Waals surface area (Å²) in [6.07, 6.45) is 0. The Morgan fingerprint density at radius 2 is 2.12 bits per heavy atom. The van der Waals surface area contributed by atoms with Gasteiger partial charge in [-0.1, -0.05) is 0 Å². The van der Waals surface area contributed by atoms with Crippen molar-refractivity contribution in [3.63, 3.8) is 0 Å². The third-order valence-corrected chi connectivity index (χ3v) is 3.24. The van der Waals surface area contributed by atoms with Crippen molar-refractivity contribution in [1.29, 1.82) is 0 Å². The van der Waals surface area contributed by atoms with Crippen LogP contribution < -0.4 is 11.1 Å². The van der Waals surface area contributed by atoms with Crippen molar-refractivity contribution in [3.05, 3.63) is 45.9 Å². The number of thiophene rings is 1. The molecule has 0 atom stereocenters. The highest BCUT2D eigenvalue weighted by Gasteiger charge is 2.02. The van der Waals surface area contributed by atoms with E-state index >= 15 is 0 Å². The van der Waals surface area contributed by atoms with Crippen molar-refractivity contribution in [2.75, 3.05) is 11.1 Å². The third-order valence-electron chi connectivity index (χ3n) is 2.24. The SMILES string of the molecule is Cc1ccc(CNc2ccc(N)cc2F)s1. The lowest BCUT2D eigenvalue weighted by atomic mass is 10.2. The van der Waals surface area contributed by atoms with E-state index < -0.39 is 0 Å². The van der Waals surface area contributed by atoms with Crippen molar-refractivity contribution in [3.8, 4) is 0 Å². The summed E-state index contributed by atoms with van der Waals surface area (Å²) in [4.78, 5) is 2.45. The van der Waals surface area contributed by atoms with E-state index in [4.69, 9.17) is 5.73 Å². The first-order valence-corrected chi connectivity index (χ1v) is 5.81. The van der Waals surface area contributed by atoms with Crippen LogP contribution in [0, 0.1) is 12.7 Å². The Bertz CT molecular complexity index is 494. The molecule has 3 N–H and O–H groups in total. The van der Waals surface area contributed by atoms with Crippen molar-refractivity contribution in [2.24, 2.45) is 0 Å². The molecule has 2 aromatic rings. The average Bonchev–Trinajstić information content (AvgIpc) is 2.63. The van der Waals surface area contributed by atoms with Crippen molar-refractivity contribution in [2.45, 2.75) is 13.5 Å². The van der Waals surface area contributed by atoms with Crippen molar-refractivity contribution >= 4 is 22.7 Å². The lowest BCUT2D eigenvalue weighted by Gasteiger charge is -2.06. The summed E-state index contributed by atoms with van der Waals surface area (Å²) >= 11 is 1.71. The zero-order valence-electron chi connectivity index (χ0n) is 8.96. The second kappa shape index (κ2) is 4.53. The molecule has 0 saturated carbocycles. The number of benzene rings is 1. The Morgan fingerprint density at radius 3 is 2.75 bits per heavy atom. The highest BCUT2D eigenvalue weighted by Crippen LogP contribution is 2.20. The molecular formula is C12H13FN2S. The van der Waals surface area contributed by atoms with Crippen LogP contribution in [0.3, 0.4) is 0 Å². The van der Waals surface area contributed by atoms with Gasteiger partial charge < -0.3 is 11.1 Å². The molecule has 4 heteroatoms. The van der Waals surface area contributed by atoms with Crippen LogP contribution in [0.1, 0.15) is 9.75 Å². The molecule has 0 radical (unpaired) electrons. The highest BCUT2D eigenvalue weighted by molar-refractivity contribution is 7.11. The van der Waals surface area contributed by atoms with Gasteiger partial charge in [-0.25, -0.2) is 4.39 Å². The van der Waals surface area contributed by atoms with Crippen LogP contribution in [0.4, 0.5) is 15.8 Å². The Morgan fingerprint density at radius 1 is 1.31 bits per heavy atom. The predicted octanol–water partition coefficient (Wildman–Crippen LogP) is 3.39. The highest BCUT2D eigenvalue weighted by atomic mass is 32.1. The lowest BCUT2D eigenvalue weighted by Crippen LogP contribution is -2.00. The number of nitrogen functional groups attached to an aromatic ring is 1. The van der Waals surface area contributed by atoms with Gasteiger partial charge in [0.2, 0.25) is 0 Å². The monoisotopic (exact) mass is 236 g/mol. The summed E-state index contributed by atoms with van der Waals surface area (Å²) in [5.41, 5.74) is 6.40. The molecule has 1 aromatic heterocycles. The molecular weight excluding hydrogens is 223 g/mol. The fraction of sp³-hybridized carbons (Fsp3) is 0.167. The topological polar surface area (TPSA) is 38.0 Å². The van der Waals surface area contributed by atoms with Gasteiger partial charge in [0.25, 0.3) is 0 Å². The third kappa shape index (κ3) is 2.52. The summed E-state index contributed by atoms with van der Waals surface area (Å²) < 4.78 is 13.4. The Hall–Kier alpha value is -1.55. The molecule has 0 fully saturated rings. The van der Waals surface area contributed by atoms with Crippen LogP contribution in [0.2, 0.25) is 0 Å². The molecule has 16 heavy (non-hydrogen) atoms. The quantitative estimate of drug-likeness (QED) is 0.802. The maximum Gasteiger partial charge on any atom is 0.148 e. The number of hydrogen-bond acceptors (Lipinski definition) is 3. The van der Waals surface area contributed by atoms with Gasteiger partial charge in [0.05, 0.1) is 5.69 Å². The van der Waals surface area contributed by atoms with Crippen LogP contribution in [0.15, 0.2) is 30.3 Å². The number of rotatable bonds is 3. The van der Waals surface area contributed by atoms with Gasteiger partial charge in [-0.2, -0.15) is 0 Å². The second-order valence-corrected chi connectivity index (χ2v) is 4.98. The molecule has 0 saturated heterocycles. The normalized spacial score (nSPS) is 10.4. The zero-order valence-corrected chi connectivity index (χ0v) is 9.77. The predicted molar refractivity (Wildman–Crippen MR) is 67.2 cm³/mol. The van der Waals surface area contributed by atoms with E-state index in [1.54, 1.807) is 23.5 Å². The molecule has 84 valence electrons. The maximum atomic E-state index is 13.4. The van der Waals surface area contributed by atoms with Gasteiger partial charge in [-0.05, 0) is 37.3 Å². The summed E-state index contributed by atoms with van der Waals surface area (Å²) in [5, 5.41) is 3.05. The van der Waals surface area contributed by atoms with Crippen LogP contribution in [-0.2, 0) is 6.54 Å². The lowest BCUT2D eigenvalue weighted by molar-refractivity contribution is 0.631. The number of hydrogen-bond donors (Lipinski definition) is 2. The molecule has 0 unspecified atom stereocenters. The molecule has 1 heterocycles. The molecule has 0 bridgehead atoms. The fourth-order valence-electron chi connectivity index (χ4n) is 1.44. The summed E-state index contributed by atoms with van der Waals surface area (Å²) in [6, 6.07) is 8.77. The number of anilines is 2. The van der Waals surface area contributed by atoms with Crippen LogP contribution in [-0.4, -0.2) is 0 Å². The first kappa shape index (κ1) is 11.0. The van der Waals surface area contributed by atoms with Gasteiger partial charge in [0.1, 0.15) is 5.82 Å². The minimum atomic E-state index is -0.312. The standard InChI is InChI=1S/C12H13FN2S/c1-8-2-4-10(16-8)7-15-12-5-3-9(14)6-11(12)13/h2-6,15H,7,14H2,1H3. The van der Waals surface area contributed by atoms with Gasteiger partial charge >= 0.3 is 0 Å². The minimum absolute atomic E-state index is 0.312. The zero-order chi connectivity index (χ0) is 11.5. The fourth-order valence-corrected chi connectivity index (χ4v) is 2.27. The summed E-state index contributed by atoms with van der Waals surface area (Å²) in [7, 11) is 0. The molecule has 0 amide bonds. The van der Waals surface area contributed by atoms with E-state index in [1.807, 2.05) is 6.07 Å². The number of nitrogens with two attached hydrogens (primary N) is 1. The number of halogens is 1. The van der Waals surface area contributed by atoms with Crippen molar-refractivity contribution in [1.82, 2.24) is 0 Å². The van der Waals surface area contributed by atoms with Gasteiger partial charge in [-0.15, -0.1) is 11.3 Å². The van der Waals surface area contributed by atoms with E-state index in [-0.39, 0.29) is 5.82 Å². The van der Waals surface area contributed by atoms with Crippen LogP contribution in [0.5, 0.6) is 0 Å². The minimum Gasteiger partial charge on any atom is -0.399 e. The number of aryl methyl sites for hydroxylation is 1. The molecule has 2 nitrogen and oxygen atoms in total. The Kier molecular flexibility index (Phi) is 3.10. The van der Waals surface area contributed by atoms with E-state index in [0.29, 0.717) is 17.9 Å². The average molecular weight is 236 g/mol. The largest absolute Gasteiger partial charge is 0.399 e. The van der Waals surface area contributed by atoms with E-state index in [9.17, 15) is 4.39 Å².